The number of allylic oxidation sites excluding steroid dienone is 1. The molecule has 4 nitrogen and oxygen atoms in total. The van der Waals surface area contributed by atoms with Crippen LogP contribution in [0.5, 0.6) is 0 Å². The first-order valence-electron chi connectivity index (χ1n) is 14.0. The summed E-state index contributed by atoms with van der Waals surface area (Å²) in [7, 11) is 6.35. The van der Waals surface area contributed by atoms with Gasteiger partial charge in [-0.15, -0.1) is 0 Å². The predicted octanol–water partition coefficient (Wildman–Crippen LogP) is 4.95. The van der Waals surface area contributed by atoms with E-state index >= 15 is 0 Å². The smallest absolute Gasteiger partial charge is 0.239 e. The molecule has 1 spiro atoms. The minimum absolute atomic E-state index is 0.0789. The van der Waals surface area contributed by atoms with Gasteiger partial charge in [0, 0.05) is 25.7 Å². The van der Waals surface area contributed by atoms with Gasteiger partial charge in [-0.2, -0.15) is 0 Å². The van der Waals surface area contributed by atoms with Crippen LogP contribution in [-0.4, -0.2) is 61.5 Å². The van der Waals surface area contributed by atoms with Gasteiger partial charge in [-0.25, -0.2) is 0 Å². The largest absolute Gasteiger partial charge is 0.341 e. The van der Waals surface area contributed by atoms with E-state index in [1.807, 2.05) is 7.05 Å². The van der Waals surface area contributed by atoms with Crippen LogP contribution in [0.4, 0.5) is 0 Å². The van der Waals surface area contributed by atoms with Gasteiger partial charge in [-0.3, -0.25) is 4.79 Å². The van der Waals surface area contributed by atoms with Crippen molar-refractivity contribution in [2.45, 2.75) is 97.2 Å². The van der Waals surface area contributed by atoms with Crippen molar-refractivity contribution in [2.75, 3.05) is 27.7 Å². The maximum Gasteiger partial charge on any atom is 0.239 e. The van der Waals surface area contributed by atoms with Gasteiger partial charge < -0.3 is 15.1 Å². The molecule has 3 saturated carbocycles. The van der Waals surface area contributed by atoms with Crippen molar-refractivity contribution in [3.05, 3.63) is 11.6 Å². The van der Waals surface area contributed by atoms with Gasteiger partial charge in [0.05, 0.1) is 6.04 Å². The summed E-state index contributed by atoms with van der Waals surface area (Å²) in [5, 5.41) is 3.26. The van der Waals surface area contributed by atoms with E-state index < -0.39 is 0 Å². The molecule has 4 fully saturated rings. The third kappa shape index (κ3) is 3.40. The molecule has 0 aromatic heterocycles. The van der Waals surface area contributed by atoms with E-state index in [1.165, 1.54) is 45.1 Å². The molecular weight excluding hydrogens is 406 g/mol. The molecule has 0 aromatic carbocycles. The van der Waals surface area contributed by atoms with E-state index in [2.05, 4.69) is 63.0 Å². The van der Waals surface area contributed by atoms with Crippen LogP contribution in [0.15, 0.2) is 11.6 Å². The molecule has 9 atom stereocenters. The molecule has 4 heteroatoms. The Balaban J connectivity index is 1.34. The topological polar surface area (TPSA) is 35.6 Å². The van der Waals surface area contributed by atoms with Crippen molar-refractivity contribution < 1.29 is 4.79 Å². The number of nitrogens with one attached hydrogen (secondary N) is 1. The summed E-state index contributed by atoms with van der Waals surface area (Å²) in [5.74, 6) is 4.20. The molecule has 0 aromatic rings. The van der Waals surface area contributed by atoms with Gasteiger partial charge in [0.15, 0.2) is 0 Å². The summed E-state index contributed by atoms with van der Waals surface area (Å²) in [6.45, 7) is 10.7. The Morgan fingerprint density at radius 1 is 1.15 bits per heavy atom. The number of carbonyl (C=O) groups excluding carboxylic acids is 1. The molecule has 1 heterocycles. The van der Waals surface area contributed by atoms with Gasteiger partial charge in [0.25, 0.3) is 0 Å². The second kappa shape index (κ2) is 8.36. The fraction of sp³-hybridized carbons (Fsp3) is 0.897. The third-order valence-corrected chi connectivity index (χ3v) is 11.8. The standard InChI is InChI=1S/C29H49N3O/c1-18(2)26(30-5)27(33)32(7)21-12-14-28(4)20(16-21)8-9-22-24(28)13-15-29-17-31(6)19(3)23(29)10-11-25(22)29/h8,18-19,21-26,30H,9-17H2,1-7H3/t19-,21-,22+,23+,24-,25-,26+,28-,29-/m0/s1. The number of likely N-dealkylation sites (tertiary alicyclic amines) is 1. The summed E-state index contributed by atoms with van der Waals surface area (Å²) < 4.78 is 0. The van der Waals surface area contributed by atoms with Crippen LogP contribution in [0, 0.1) is 40.4 Å². The first-order valence-corrected chi connectivity index (χ1v) is 14.0. The molecule has 4 aliphatic carbocycles. The summed E-state index contributed by atoms with van der Waals surface area (Å²) in [5.41, 5.74) is 2.66. The quantitative estimate of drug-likeness (QED) is 0.609. The fourth-order valence-electron chi connectivity index (χ4n) is 9.92. The van der Waals surface area contributed by atoms with Crippen molar-refractivity contribution in [3.63, 3.8) is 0 Å². The van der Waals surface area contributed by atoms with Crippen LogP contribution in [-0.2, 0) is 4.79 Å². The van der Waals surface area contributed by atoms with E-state index in [0.717, 1.165) is 42.6 Å². The van der Waals surface area contributed by atoms with Gasteiger partial charge in [-0.05, 0) is 113 Å². The number of amides is 1. The monoisotopic (exact) mass is 455 g/mol. The number of carbonyl (C=O) groups is 1. The number of rotatable bonds is 4. The third-order valence-electron chi connectivity index (χ3n) is 11.8. The van der Waals surface area contributed by atoms with Crippen molar-refractivity contribution in [2.24, 2.45) is 40.4 Å². The second-order valence-electron chi connectivity index (χ2n) is 13.2. The molecular formula is C29H49N3O. The van der Waals surface area contributed by atoms with E-state index in [1.54, 1.807) is 5.57 Å². The second-order valence-corrected chi connectivity index (χ2v) is 13.2. The lowest BCUT2D eigenvalue weighted by Gasteiger charge is -2.58. The van der Waals surface area contributed by atoms with Crippen LogP contribution in [0.1, 0.15) is 79.1 Å². The van der Waals surface area contributed by atoms with Crippen LogP contribution < -0.4 is 5.32 Å². The van der Waals surface area contributed by atoms with Crippen molar-refractivity contribution in [3.8, 4) is 0 Å². The summed E-state index contributed by atoms with van der Waals surface area (Å²) in [6, 6.07) is 1.05. The van der Waals surface area contributed by atoms with Gasteiger partial charge in [0.2, 0.25) is 5.91 Å². The fourth-order valence-corrected chi connectivity index (χ4v) is 9.92. The molecule has 1 amide bonds. The average Bonchev–Trinajstić information content (AvgIpc) is 3.26. The highest BCUT2D eigenvalue weighted by Gasteiger charge is 2.64. The number of hydrogen-bond donors (Lipinski definition) is 1. The minimum Gasteiger partial charge on any atom is -0.341 e. The first kappa shape index (κ1) is 23.9. The Hall–Kier alpha value is -0.870. The maximum absolute atomic E-state index is 13.2. The molecule has 0 unspecified atom stereocenters. The van der Waals surface area contributed by atoms with Crippen molar-refractivity contribution in [1.82, 2.24) is 15.1 Å². The first-order chi connectivity index (χ1) is 15.6. The Bertz CT molecular complexity index is 807. The SMILES string of the molecule is CN[C@@H](C(=O)N(C)[C@H]1CC[C@@]2(C)C(=CC[C@H]3[C@@H]4CC[C@@H]5[C@H](C)N(C)C[C@@]54CC[C@@H]32)C1)C(C)C. The van der Waals surface area contributed by atoms with Crippen LogP contribution in [0.2, 0.25) is 0 Å². The Morgan fingerprint density at radius 3 is 2.58 bits per heavy atom. The number of nitrogens with zero attached hydrogens (tertiary/aromatic N) is 2. The number of hydrogen-bond acceptors (Lipinski definition) is 3. The Morgan fingerprint density at radius 2 is 1.88 bits per heavy atom. The Kier molecular flexibility index (Phi) is 6.04. The number of fused-ring (bicyclic) bond motifs is 4. The molecule has 33 heavy (non-hydrogen) atoms. The lowest BCUT2D eigenvalue weighted by molar-refractivity contribution is -0.136. The lowest BCUT2D eigenvalue weighted by atomic mass is 9.47. The molecule has 5 rings (SSSR count). The zero-order chi connectivity index (χ0) is 23.7. The van der Waals surface area contributed by atoms with Crippen molar-refractivity contribution >= 4 is 5.91 Å². The minimum atomic E-state index is -0.0789. The molecule has 1 saturated heterocycles. The summed E-state index contributed by atoms with van der Waals surface area (Å²) >= 11 is 0. The number of likely N-dealkylation sites (N-methyl/N-ethyl adjacent to an activating group) is 2. The van der Waals surface area contributed by atoms with Crippen LogP contribution in [0.3, 0.4) is 0 Å². The Labute approximate surface area is 202 Å². The average molecular weight is 456 g/mol. The van der Waals surface area contributed by atoms with Gasteiger partial charge in [-0.1, -0.05) is 32.4 Å². The van der Waals surface area contributed by atoms with Gasteiger partial charge in [0.1, 0.15) is 0 Å². The molecule has 1 aliphatic heterocycles. The van der Waals surface area contributed by atoms with E-state index in [0.29, 0.717) is 22.8 Å². The summed E-state index contributed by atoms with van der Waals surface area (Å²) in [4.78, 5) is 18.0. The zero-order valence-electron chi connectivity index (χ0n) is 22.4. The van der Waals surface area contributed by atoms with E-state index in [-0.39, 0.29) is 11.9 Å². The van der Waals surface area contributed by atoms with Crippen LogP contribution >= 0.6 is 0 Å². The highest BCUT2D eigenvalue weighted by atomic mass is 16.2. The normalized spacial score (nSPS) is 45.6. The highest BCUT2D eigenvalue weighted by Crippen LogP contribution is 2.68. The summed E-state index contributed by atoms with van der Waals surface area (Å²) in [6.07, 6.45) is 13.3. The van der Waals surface area contributed by atoms with E-state index in [9.17, 15) is 4.79 Å². The predicted molar refractivity (Wildman–Crippen MR) is 136 cm³/mol. The van der Waals surface area contributed by atoms with Crippen molar-refractivity contribution in [1.29, 1.82) is 0 Å². The molecule has 186 valence electrons. The lowest BCUT2D eigenvalue weighted by Crippen LogP contribution is -2.54. The van der Waals surface area contributed by atoms with Crippen LogP contribution in [0.25, 0.3) is 0 Å². The molecule has 1 N–H and O–H groups in total. The molecule has 5 aliphatic rings. The molecule has 0 bridgehead atoms. The van der Waals surface area contributed by atoms with Gasteiger partial charge >= 0.3 is 0 Å². The molecule has 0 radical (unpaired) electrons. The maximum atomic E-state index is 13.2. The zero-order valence-corrected chi connectivity index (χ0v) is 22.4. The highest BCUT2D eigenvalue weighted by molar-refractivity contribution is 5.82. The van der Waals surface area contributed by atoms with E-state index in [4.69, 9.17) is 0 Å².